The Morgan fingerprint density at radius 2 is 0.762 bits per heavy atom. The van der Waals surface area contributed by atoms with Crippen LogP contribution >= 0.6 is 0 Å². The van der Waals surface area contributed by atoms with Crippen molar-refractivity contribution < 1.29 is 0 Å². The third-order valence-electron chi connectivity index (χ3n) is 13.3. The third kappa shape index (κ3) is 6.09. The molecule has 12 rings (SSSR count). The quantitative estimate of drug-likeness (QED) is 0.157. The van der Waals surface area contributed by atoms with E-state index in [9.17, 15) is 0 Å². The van der Waals surface area contributed by atoms with Crippen LogP contribution in [0, 0.1) is 0 Å². The number of benzene rings is 10. The second-order valence-corrected chi connectivity index (χ2v) is 17.3. The van der Waals surface area contributed by atoms with Crippen LogP contribution in [-0.2, 0) is 5.41 Å². The van der Waals surface area contributed by atoms with Gasteiger partial charge in [-0.25, -0.2) is 9.97 Å². The molecule has 0 unspecified atom stereocenters. The molecular formula is C61H42N2. The van der Waals surface area contributed by atoms with E-state index in [0.29, 0.717) is 5.82 Å². The summed E-state index contributed by atoms with van der Waals surface area (Å²) in [7, 11) is 0. The number of aromatic nitrogens is 2. The highest BCUT2D eigenvalue weighted by molar-refractivity contribution is 6.23. The molecule has 0 spiro atoms. The first-order valence-corrected chi connectivity index (χ1v) is 21.8. The van der Waals surface area contributed by atoms with Crippen LogP contribution in [0.1, 0.15) is 25.0 Å². The lowest BCUT2D eigenvalue weighted by Crippen LogP contribution is -2.14. The van der Waals surface area contributed by atoms with E-state index in [4.69, 9.17) is 9.97 Å². The Labute approximate surface area is 367 Å². The zero-order valence-corrected chi connectivity index (χ0v) is 35.2. The molecule has 1 aromatic heterocycles. The molecule has 11 aromatic rings. The van der Waals surface area contributed by atoms with Crippen LogP contribution in [0.4, 0.5) is 0 Å². The summed E-state index contributed by atoms with van der Waals surface area (Å²) >= 11 is 0. The topological polar surface area (TPSA) is 25.8 Å². The predicted octanol–water partition coefficient (Wildman–Crippen LogP) is 16.2. The lowest BCUT2D eigenvalue weighted by molar-refractivity contribution is 0.661. The molecule has 0 N–H and O–H groups in total. The van der Waals surface area contributed by atoms with Crippen LogP contribution in [0.5, 0.6) is 0 Å². The highest BCUT2D eigenvalue weighted by atomic mass is 14.9. The van der Waals surface area contributed by atoms with Gasteiger partial charge in [0.15, 0.2) is 5.82 Å². The number of hydrogen-bond acceptors (Lipinski definition) is 2. The van der Waals surface area contributed by atoms with E-state index in [0.717, 1.165) is 28.1 Å². The molecule has 1 heterocycles. The van der Waals surface area contributed by atoms with Gasteiger partial charge < -0.3 is 0 Å². The summed E-state index contributed by atoms with van der Waals surface area (Å²) in [5.41, 5.74) is 17.5. The molecular weight excluding hydrogens is 761 g/mol. The van der Waals surface area contributed by atoms with Crippen LogP contribution in [0.25, 0.3) is 111 Å². The van der Waals surface area contributed by atoms with Gasteiger partial charge in [0.1, 0.15) is 0 Å². The number of rotatable bonds is 6. The largest absolute Gasteiger partial charge is 0.228 e. The van der Waals surface area contributed by atoms with Gasteiger partial charge in [0.2, 0.25) is 0 Å². The minimum absolute atomic E-state index is 0.128. The maximum atomic E-state index is 5.17. The molecule has 0 amide bonds. The Balaban J connectivity index is 0.999. The van der Waals surface area contributed by atoms with Crippen molar-refractivity contribution >= 4 is 32.3 Å². The van der Waals surface area contributed by atoms with Gasteiger partial charge in [-0.15, -0.1) is 0 Å². The second-order valence-electron chi connectivity index (χ2n) is 17.3. The number of fused-ring (bicyclic) bond motifs is 6. The van der Waals surface area contributed by atoms with Crippen LogP contribution in [0.15, 0.2) is 218 Å². The fourth-order valence-electron chi connectivity index (χ4n) is 10.1. The van der Waals surface area contributed by atoms with Crippen molar-refractivity contribution in [3.63, 3.8) is 0 Å². The molecule has 1 aliphatic rings. The minimum Gasteiger partial charge on any atom is -0.228 e. The molecule has 10 aromatic carbocycles. The smallest absolute Gasteiger partial charge is 0.160 e. The SMILES string of the molecule is CC1(C)c2cc3ccccc3cc2-c2c(-c3c4ccccc4c(-c4ccc(-c5cc(-c6ccc(-c7ccccc7)cc6)nc(-c6ccccc6)n5)cc4)c4ccccc34)cccc21. The first-order chi connectivity index (χ1) is 31.0. The Morgan fingerprint density at radius 1 is 0.302 bits per heavy atom. The molecule has 296 valence electrons. The van der Waals surface area contributed by atoms with Gasteiger partial charge in [-0.05, 0) is 106 Å². The predicted molar refractivity (Wildman–Crippen MR) is 265 cm³/mol. The van der Waals surface area contributed by atoms with Crippen LogP contribution in [0.2, 0.25) is 0 Å². The van der Waals surface area contributed by atoms with E-state index in [1.54, 1.807) is 0 Å². The van der Waals surface area contributed by atoms with E-state index in [-0.39, 0.29) is 5.41 Å². The average molecular weight is 803 g/mol. The van der Waals surface area contributed by atoms with Gasteiger partial charge in [0.05, 0.1) is 11.4 Å². The zero-order valence-electron chi connectivity index (χ0n) is 35.2. The lowest BCUT2D eigenvalue weighted by Gasteiger charge is -2.23. The number of nitrogens with zero attached hydrogens (tertiary/aromatic N) is 2. The first-order valence-electron chi connectivity index (χ1n) is 21.8. The summed E-state index contributed by atoms with van der Waals surface area (Å²) in [5.74, 6) is 0.707. The maximum absolute atomic E-state index is 5.17. The maximum Gasteiger partial charge on any atom is 0.160 e. The van der Waals surface area contributed by atoms with Gasteiger partial charge >= 0.3 is 0 Å². The highest BCUT2D eigenvalue weighted by Crippen LogP contribution is 2.55. The van der Waals surface area contributed by atoms with Crippen molar-refractivity contribution in [1.29, 1.82) is 0 Å². The fourth-order valence-corrected chi connectivity index (χ4v) is 10.1. The molecule has 1 aliphatic carbocycles. The summed E-state index contributed by atoms with van der Waals surface area (Å²) in [6, 6.07) is 79.1. The molecule has 0 saturated carbocycles. The van der Waals surface area contributed by atoms with Crippen LogP contribution in [0.3, 0.4) is 0 Å². The summed E-state index contributed by atoms with van der Waals surface area (Å²) in [6.45, 7) is 4.76. The Bertz CT molecular complexity index is 3490. The average Bonchev–Trinajstić information content (AvgIpc) is 3.57. The van der Waals surface area contributed by atoms with Crippen molar-refractivity contribution in [3.05, 3.63) is 230 Å². The molecule has 0 radical (unpaired) electrons. The minimum atomic E-state index is -0.128. The van der Waals surface area contributed by atoms with Crippen molar-refractivity contribution in [2.24, 2.45) is 0 Å². The first kappa shape index (κ1) is 36.9. The molecule has 63 heavy (non-hydrogen) atoms. The fraction of sp³-hybridized carbons (Fsp3) is 0.0492. The van der Waals surface area contributed by atoms with E-state index < -0.39 is 0 Å². The standard InChI is InChI=1S/C61H42N2/c1-61(2)53-27-15-26-51(59(53)52-36-45-20-9-10-21-46(45)37-54(52)61)58-49-24-13-11-22-47(49)57(48-23-12-14-25-50(48)58)43-34-32-42(33-35-43)56-38-55(62-60(63-56)44-18-7-4-8-19-44)41-30-28-40(29-31-41)39-16-5-3-6-17-39/h3-38H,1-2H3. The van der Waals surface area contributed by atoms with Gasteiger partial charge in [-0.1, -0.05) is 214 Å². The zero-order chi connectivity index (χ0) is 42.1. The van der Waals surface area contributed by atoms with Crippen molar-refractivity contribution in [2.75, 3.05) is 0 Å². The van der Waals surface area contributed by atoms with Gasteiger partial charge in [0.25, 0.3) is 0 Å². The summed E-state index contributed by atoms with van der Waals surface area (Å²) in [6.07, 6.45) is 0. The molecule has 2 heteroatoms. The Hall–Kier alpha value is -7.94. The molecule has 2 nitrogen and oxygen atoms in total. The Morgan fingerprint density at radius 3 is 1.35 bits per heavy atom. The number of hydrogen-bond donors (Lipinski definition) is 0. The molecule has 0 atom stereocenters. The van der Waals surface area contributed by atoms with Gasteiger partial charge in [-0.2, -0.15) is 0 Å². The van der Waals surface area contributed by atoms with E-state index in [1.807, 2.05) is 18.2 Å². The van der Waals surface area contributed by atoms with Crippen LogP contribution in [-0.4, -0.2) is 9.97 Å². The third-order valence-corrected chi connectivity index (χ3v) is 13.3. The second kappa shape index (κ2) is 14.6. The van der Waals surface area contributed by atoms with Crippen molar-refractivity contribution in [2.45, 2.75) is 19.3 Å². The molecule has 0 saturated heterocycles. The summed E-state index contributed by atoms with van der Waals surface area (Å²) < 4.78 is 0. The van der Waals surface area contributed by atoms with Crippen molar-refractivity contribution in [3.8, 4) is 78.4 Å². The van der Waals surface area contributed by atoms with Crippen molar-refractivity contribution in [1.82, 2.24) is 9.97 Å². The monoisotopic (exact) mass is 802 g/mol. The van der Waals surface area contributed by atoms with Crippen LogP contribution < -0.4 is 0 Å². The molecule has 0 bridgehead atoms. The Kier molecular flexibility index (Phi) is 8.55. The summed E-state index contributed by atoms with van der Waals surface area (Å²) in [5, 5.41) is 7.54. The summed E-state index contributed by atoms with van der Waals surface area (Å²) in [4.78, 5) is 10.3. The lowest BCUT2D eigenvalue weighted by atomic mass is 9.80. The normalized spacial score (nSPS) is 12.7. The van der Waals surface area contributed by atoms with Gasteiger partial charge in [0, 0.05) is 22.1 Å². The molecule has 0 fully saturated rings. The van der Waals surface area contributed by atoms with E-state index in [2.05, 4.69) is 214 Å². The highest BCUT2D eigenvalue weighted by Gasteiger charge is 2.37. The van der Waals surface area contributed by atoms with E-state index >= 15 is 0 Å². The van der Waals surface area contributed by atoms with Gasteiger partial charge in [-0.3, -0.25) is 0 Å². The van der Waals surface area contributed by atoms with E-state index in [1.165, 1.54) is 88.0 Å². The molecule has 0 aliphatic heterocycles.